The summed E-state index contributed by atoms with van der Waals surface area (Å²) in [5.41, 5.74) is 10.3. The van der Waals surface area contributed by atoms with Crippen LogP contribution in [0.1, 0.15) is 49.2 Å². The number of carbonyl (C=O) groups is 2. The van der Waals surface area contributed by atoms with Crippen LogP contribution in [0.3, 0.4) is 0 Å². The van der Waals surface area contributed by atoms with Gasteiger partial charge in [0.2, 0.25) is 0 Å². The van der Waals surface area contributed by atoms with Crippen molar-refractivity contribution in [3.05, 3.63) is 100 Å². The van der Waals surface area contributed by atoms with E-state index in [0.29, 0.717) is 30.2 Å². The average molecular weight is 546 g/mol. The molecule has 7 nitrogen and oxygen atoms in total. The van der Waals surface area contributed by atoms with Crippen molar-refractivity contribution in [3.63, 3.8) is 0 Å². The van der Waals surface area contributed by atoms with E-state index in [1.165, 1.54) is 0 Å². The van der Waals surface area contributed by atoms with Gasteiger partial charge in [-0.15, -0.1) is 0 Å². The van der Waals surface area contributed by atoms with Crippen molar-refractivity contribution < 1.29 is 19.1 Å². The van der Waals surface area contributed by atoms with E-state index in [1.54, 1.807) is 17.0 Å². The molecule has 0 spiro atoms. The molecule has 39 heavy (non-hydrogen) atoms. The monoisotopic (exact) mass is 545 g/mol. The van der Waals surface area contributed by atoms with E-state index in [-0.39, 0.29) is 0 Å². The lowest BCUT2D eigenvalue weighted by molar-refractivity contribution is -0.135. The Labute approximate surface area is 232 Å². The fraction of sp³-hybridized carbons (Fsp3) is 0.290. The number of nitrogens with one attached hydrogen (secondary N) is 1. The van der Waals surface area contributed by atoms with Gasteiger partial charge >= 0.3 is 12.1 Å². The second-order valence-corrected chi connectivity index (χ2v) is 11.3. The third-order valence-corrected chi connectivity index (χ3v) is 6.97. The summed E-state index contributed by atoms with van der Waals surface area (Å²) < 4.78 is 11.3. The van der Waals surface area contributed by atoms with Crippen molar-refractivity contribution in [3.8, 4) is 5.75 Å². The Balaban J connectivity index is 1.42. The summed E-state index contributed by atoms with van der Waals surface area (Å²) in [6.07, 6.45) is 0.662. The zero-order chi connectivity index (χ0) is 27.7. The first-order chi connectivity index (χ1) is 18.6. The number of esters is 1. The summed E-state index contributed by atoms with van der Waals surface area (Å²) in [5, 5.41) is 1.70. The first kappa shape index (κ1) is 26.8. The van der Waals surface area contributed by atoms with Crippen molar-refractivity contribution in [2.45, 2.75) is 51.3 Å². The summed E-state index contributed by atoms with van der Waals surface area (Å²) in [4.78, 5) is 31.2. The fourth-order valence-electron chi connectivity index (χ4n) is 4.99. The van der Waals surface area contributed by atoms with Crippen LogP contribution in [-0.4, -0.2) is 40.1 Å². The Bertz CT molecular complexity index is 1490. The van der Waals surface area contributed by atoms with Gasteiger partial charge < -0.3 is 20.2 Å². The lowest BCUT2D eigenvalue weighted by Gasteiger charge is -2.37. The van der Waals surface area contributed by atoms with Crippen molar-refractivity contribution in [1.82, 2.24) is 9.88 Å². The predicted octanol–water partition coefficient (Wildman–Crippen LogP) is 6.18. The maximum Gasteiger partial charge on any atom is 0.411 e. The number of fused-ring (bicyclic) bond motifs is 3. The number of halogens is 1. The van der Waals surface area contributed by atoms with Crippen molar-refractivity contribution in [1.29, 1.82) is 0 Å². The van der Waals surface area contributed by atoms with E-state index < -0.39 is 29.7 Å². The van der Waals surface area contributed by atoms with Crippen molar-refractivity contribution in [2.24, 2.45) is 5.73 Å². The molecule has 4 aromatic rings. The molecule has 1 aromatic heterocycles. The number of nitrogens with zero attached hydrogens (tertiary/aromatic N) is 1. The highest BCUT2D eigenvalue weighted by Crippen LogP contribution is 2.40. The number of ether oxygens (including phenoxy) is 2. The highest BCUT2D eigenvalue weighted by Gasteiger charge is 2.37. The van der Waals surface area contributed by atoms with Gasteiger partial charge in [-0.25, -0.2) is 9.59 Å². The first-order valence-electron chi connectivity index (χ1n) is 13.0. The molecule has 2 atom stereocenters. The Morgan fingerprint density at radius 1 is 1.08 bits per heavy atom. The number of hydrogen-bond donors (Lipinski definition) is 2. The second kappa shape index (κ2) is 10.8. The molecule has 1 aliphatic rings. The van der Waals surface area contributed by atoms with Gasteiger partial charge in [-0.2, -0.15) is 0 Å². The Morgan fingerprint density at radius 3 is 2.49 bits per heavy atom. The molecule has 202 valence electrons. The molecule has 3 N–H and O–H groups in total. The van der Waals surface area contributed by atoms with E-state index >= 15 is 0 Å². The Kier molecular flexibility index (Phi) is 7.38. The molecule has 2 heterocycles. The molecule has 0 saturated carbocycles. The maximum atomic E-state index is 13.3. The number of rotatable bonds is 5. The molecule has 1 unspecified atom stereocenters. The minimum Gasteiger partial charge on any atom is -0.444 e. The summed E-state index contributed by atoms with van der Waals surface area (Å²) >= 11 is 6.30. The summed E-state index contributed by atoms with van der Waals surface area (Å²) in [5.74, 6) is -0.120. The maximum absolute atomic E-state index is 13.3. The molecular weight excluding hydrogens is 514 g/mol. The van der Waals surface area contributed by atoms with Crippen LogP contribution in [-0.2, 0) is 22.4 Å². The second-order valence-electron chi connectivity index (χ2n) is 10.8. The minimum atomic E-state index is -0.784. The standard InChI is InChI=1S/C31H32ClN3O4/c1-31(2,3)39-30(37)35-16-15-23-24-18-21(32)11-14-26(24)34-27(23)28(35)20-9-12-22(13-10-20)38-29(36)25(33)17-19-7-5-4-6-8-19/h4-14,18,25,28,34H,15-17,33H2,1-3H3/t25-,28?/m0/s1. The van der Waals surface area contributed by atoms with Crippen LogP contribution >= 0.6 is 11.6 Å². The van der Waals surface area contributed by atoms with E-state index in [9.17, 15) is 9.59 Å². The molecule has 1 aliphatic heterocycles. The van der Waals surface area contributed by atoms with Crippen LogP contribution in [0.25, 0.3) is 10.9 Å². The van der Waals surface area contributed by atoms with Crippen LogP contribution in [0, 0.1) is 0 Å². The van der Waals surface area contributed by atoms with Crippen LogP contribution < -0.4 is 10.5 Å². The lowest BCUT2D eigenvalue weighted by atomic mass is 9.92. The smallest absolute Gasteiger partial charge is 0.411 e. The van der Waals surface area contributed by atoms with Crippen LogP contribution in [0.15, 0.2) is 72.8 Å². The number of nitrogens with two attached hydrogens (primary N) is 1. The van der Waals surface area contributed by atoms with Gasteiger partial charge in [-0.1, -0.05) is 54.1 Å². The molecule has 1 amide bonds. The third-order valence-electron chi connectivity index (χ3n) is 6.73. The van der Waals surface area contributed by atoms with Gasteiger partial charge in [0.25, 0.3) is 0 Å². The van der Waals surface area contributed by atoms with Crippen LogP contribution in [0.2, 0.25) is 5.02 Å². The third kappa shape index (κ3) is 5.95. The SMILES string of the molecule is CC(C)(C)OC(=O)N1CCc2c([nH]c3ccc(Cl)cc23)C1c1ccc(OC(=O)[C@@H](N)Cc2ccccc2)cc1. The first-order valence-corrected chi connectivity index (χ1v) is 13.4. The molecule has 0 aliphatic carbocycles. The summed E-state index contributed by atoms with van der Waals surface area (Å²) in [6.45, 7) is 6.04. The number of H-pyrrole nitrogens is 1. The van der Waals surface area contributed by atoms with E-state index in [0.717, 1.165) is 33.3 Å². The van der Waals surface area contributed by atoms with Gasteiger partial charge in [-0.05, 0) is 80.6 Å². The normalized spacial score (nSPS) is 16.0. The highest BCUT2D eigenvalue weighted by atomic mass is 35.5. The molecular formula is C31H32ClN3O4. The van der Waals surface area contributed by atoms with Crippen molar-refractivity contribution >= 4 is 34.6 Å². The van der Waals surface area contributed by atoms with Gasteiger partial charge in [0.15, 0.2) is 0 Å². The molecule has 0 fully saturated rings. The van der Waals surface area contributed by atoms with Gasteiger partial charge in [0.1, 0.15) is 23.4 Å². The molecule has 8 heteroatoms. The van der Waals surface area contributed by atoms with Crippen molar-refractivity contribution in [2.75, 3.05) is 6.54 Å². The number of hydrogen-bond acceptors (Lipinski definition) is 5. The van der Waals surface area contributed by atoms with E-state index in [4.69, 9.17) is 26.8 Å². The predicted molar refractivity (Wildman–Crippen MR) is 152 cm³/mol. The number of aromatic nitrogens is 1. The van der Waals surface area contributed by atoms with Crippen LogP contribution in [0.4, 0.5) is 4.79 Å². The Morgan fingerprint density at radius 2 is 1.79 bits per heavy atom. The van der Waals surface area contributed by atoms with E-state index in [1.807, 2.05) is 81.4 Å². The highest BCUT2D eigenvalue weighted by molar-refractivity contribution is 6.31. The number of amides is 1. The Hall–Kier alpha value is -3.81. The number of benzene rings is 3. The average Bonchev–Trinajstić information content (AvgIpc) is 3.26. The molecule has 0 bridgehead atoms. The van der Waals surface area contributed by atoms with Gasteiger partial charge in [0.05, 0.1) is 0 Å². The molecule has 5 rings (SSSR count). The van der Waals surface area contributed by atoms with Crippen LogP contribution in [0.5, 0.6) is 5.75 Å². The van der Waals surface area contributed by atoms with Gasteiger partial charge in [0, 0.05) is 28.2 Å². The minimum absolute atomic E-state index is 0.385. The summed E-state index contributed by atoms with van der Waals surface area (Å²) in [6, 6.07) is 21.3. The number of aromatic amines is 1. The zero-order valence-corrected chi connectivity index (χ0v) is 23.0. The van der Waals surface area contributed by atoms with Gasteiger partial charge in [-0.3, -0.25) is 4.90 Å². The summed E-state index contributed by atoms with van der Waals surface area (Å²) in [7, 11) is 0. The largest absolute Gasteiger partial charge is 0.444 e. The lowest BCUT2D eigenvalue weighted by Crippen LogP contribution is -2.43. The molecule has 0 radical (unpaired) electrons. The zero-order valence-electron chi connectivity index (χ0n) is 22.2. The topological polar surface area (TPSA) is 97.6 Å². The van der Waals surface area contributed by atoms with E-state index in [2.05, 4.69) is 4.98 Å². The molecule has 3 aromatic carbocycles. The number of carbonyl (C=O) groups excluding carboxylic acids is 2. The molecule has 0 saturated heterocycles. The quantitative estimate of drug-likeness (QED) is 0.230. The fourth-order valence-corrected chi connectivity index (χ4v) is 5.16.